The van der Waals surface area contributed by atoms with E-state index in [0.717, 1.165) is 38.2 Å². The number of nitrogens with zero attached hydrogens (tertiary/aromatic N) is 1. The van der Waals surface area contributed by atoms with Crippen molar-refractivity contribution < 1.29 is 14.6 Å². The van der Waals surface area contributed by atoms with Gasteiger partial charge in [-0.2, -0.15) is 0 Å². The van der Waals surface area contributed by atoms with Crippen molar-refractivity contribution >= 4 is 5.91 Å². The first-order valence-electron chi connectivity index (χ1n) is 9.30. The third-order valence-electron chi connectivity index (χ3n) is 5.83. The Labute approximate surface area is 150 Å². The number of benzene rings is 1. The molecule has 25 heavy (non-hydrogen) atoms. The molecule has 0 aromatic heterocycles. The quantitative estimate of drug-likeness (QED) is 0.855. The summed E-state index contributed by atoms with van der Waals surface area (Å²) in [7, 11) is 0. The van der Waals surface area contributed by atoms with E-state index < -0.39 is 6.10 Å². The molecule has 1 aromatic carbocycles. The van der Waals surface area contributed by atoms with E-state index in [9.17, 15) is 9.90 Å². The maximum absolute atomic E-state index is 11.3. The summed E-state index contributed by atoms with van der Waals surface area (Å²) in [6, 6.07) is 6.07. The Bertz CT molecular complexity index is 619. The highest BCUT2D eigenvalue weighted by Gasteiger charge is 2.41. The molecule has 0 unspecified atom stereocenters. The van der Waals surface area contributed by atoms with E-state index in [0.29, 0.717) is 18.4 Å². The van der Waals surface area contributed by atoms with E-state index in [1.807, 2.05) is 12.1 Å². The fourth-order valence-electron chi connectivity index (χ4n) is 4.29. The number of hydrogen-bond donors (Lipinski definition) is 2. The normalized spacial score (nSPS) is 29.3. The van der Waals surface area contributed by atoms with Gasteiger partial charge in [-0.15, -0.1) is 0 Å². The van der Waals surface area contributed by atoms with Gasteiger partial charge in [0, 0.05) is 26.6 Å². The third-order valence-corrected chi connectivity index (χ3v) is 5.83. The first-order chi connectivity index (χ1) is 11.9. The molecular formula is C20H30N2O3. The zero-order valence-corrected chi connectivity index (χ0v) is 15.5. The molecule has 138 valence electrons. The lowest BCUT2D eigenvalue weighted by Crippen LogP contribution is -2.48. The van der Waals surface area contributed by atoms with E-state index in [1.54, 1.807) is 0 Å². The highest BCUT2D eigenvalue weighted by Crippen LogP contribution is 2.36. The first kappa shape index (κ1) is 18.2. The molecule has 3 rings (SSSR count). The molecule has 1 heterocycles. The number of rotatable bonds is 5. The number of fused-ring (bicyclic) bond motifs is 1. The number of amides is 1. The topological polar surface area (TPSA) is 61.8 Å². The smallest absolute Gasteiger partial charge is 0.217 e. The highest BCUT2D eigenvalue weighted by atomic mass is 16.5. The van der Waals surface area contributed by atoms with Crippen molar-refractivity contribution in [2.45, 2.75) is 45.8 Å². The number of likely N-dealkylation sites (tertiary alicyclic amines) is 1. The fourth-order valence-corrected chi connectivity index (χ4v) is 4.29. The van der Waals surface area contributed by atoms with Crippen molar-refractivity contribution in [1.29, 1.82) is 0 Å². The van der Waals surface area contributed by atoms with Gasteiger partial charge in [0.25, 0.3) is 0 Å². The Morgan fingerprint density at radius 2 is 2.00 bits per heavy atom. The molecule has 1 saturated carbocycles. The zero-order chi connectivity index (χ0) is 18.0. The van der Waals surface area contributed by atoms with Crippen molar-refractivity contribution in [3.8, 4) is 5.75 Å². The van der Waals surface area contributed by atoms with Crippen LogP contribution in [0, 0.1) is 25.7 Å². The summed E-state index contributed by atoms with van der Waals surface area (Å²) >= 11 is 0. The number of hydrogen-bond acceptors (Lipinski definition) is 4. The Hall–Kier alpha value is -1.59. The average Bonchev–Trinajstić information content (AvgIpc) is 2.93. The Morgan fingerprint density at radius 3 is 2.72 bits per heavy atom. The van der Waals surface area contributed by atoms with Gasteiger partial charge in [0.2, 0.25) is 5.91 Å². The molecule has 2 N–H and O–H groups in total. The summed E-state index contributed by atoms with van der Waals surface area (Å²) in [5, 5.41) is 13.2. The van der Waals surface area contributed by atoms with Gasteiger partial charge in [-0.3, -0.25) is 9.69 Å². The van der Waals surface area contributed by atoms with Crippen LogP contribution in [-0.4, -0.2) is 54.3 Å². The molecule has 5 heteroatoms. The van der Waals surface area contributed by atoms with Gasteiger partial charge in [0.05, 0.1) is 12.1 Å². The molecule has 1 aliphatic heterocycles. The third kappa shape index (κ3) is 4.33. The number of aliphatic hydroxyl groups is 1. The maximum Gasteiger partial charge on any atom is 0.217 e. The van der Waals surface area contributed by atoms with Crippen LogP contribution in [0.4, 0.5) is 0 Å². The monoisotopic (exact) mass is 346 g/mol. The van der Waals surface area contributed by atoms with Gasteiger partial charge in [0.15, 0.2) is 0 Å². The molecule has 2 aliphatic rings. The second-order valence-corrected chi connectivity index (χ2v) is 7.67. The van der Waals surface area contributed by atoms with Crippen molar-refractivity contribution in [3.05, 3.63) is 29.3 Å². The molecule has 1 amide bonds. The molecular weight excluding hydrogens is 316 g/mol. The van der Waals surface area contributed by atoms with Crippen LogP contribution >= 0.6 is 0 Å². The number of nitrogens with one attached hydrogen (secondary N) is 1. The van der Waals surface area contributed by atoms with E-state index in [1.165, 1.54) is 18.1 Å². The minimum absolute atomic E-state index is 0.0562. The van der Waals surface area contributed by atoms with Crippen LogP contribution in [0.25, 0.3) is 0 Å². The largest absolute Gasteiger partial charge is 0.492 e. The molecule has 1 aromatic rings. The van der Waals surface area contributed by atoms with Crippen LogP contribution in [-0.2, 0) is 4.79 Å². The number of carbonyl (C=O) groups excluding carboxylic acids is 1. The molecule has 1 aliphatic carbocycles. The van der Waals surface area contributed by atoms with Crippen molar-refractivity contribution in [2.24, 2.45) is 11.8 Å². The number of aryl methyl sites for hydroxylation is 1. The molecule has 5 nitrogen and oxygen atoms in total. The summed E-state index contributed by atoms with van der Waals surface area (Å²) in [5.41, 5.74) is 2.46. The van der Waals surface area contributed by atoms with Gasteiger partial charge in [-0.25, -0.2) is 0 Å². The first-order valence-corrected chi connectivity index (χ1v) is 9.30. The lowest BCUT2D eigenvalue weighted by Gasteiger charge is -2.35. The lowest BCUT2D eigenvalue weighted by molar-refractivity contribution is -0.121. The van der Waals surface area contributed by atoms with Gasteiger partial charge in [-0.1, -0.05) is 12.1 Å². The number of aliphatic hydroxyl groups excluding tert-OH is 1. The fraction of sp³-hybridized carbons (Fsp3) is 0.650. The standard InChI is InChI=1S/C20H30N2O3/c1-13-5-4-6-20(14(13)2)25-8-7-22-11-16-9-18(21-15(3)23)19(24)10-17(16)12-22/h4-6,16-19,24H,7-12H2,1-3H3,(H,21,23)/t16-,17+,18-,19-/m1/s1. The Kier molecular flexibility index (Phi) is 5.64. The van der Waals surface area contributed by atoms with Gasteiger partial charge in [-0.05, 0) is 55.7 Å². The number of carbonyl (C=O) groups is 1. The van der Waals surface area contributed by atoms with E-state index >= 15 is 0 Å². The van der Waals surface area contributed by atoms with Gasteiger partial charge in [0.1, 0.15) is 12.4 Å². The number of ether oxygens (including phenoxy) is 1. The van der Waals surface area contributed by atoms with Crippen molar-refractivity contribution in [3.63, 3.8) is 0 Å². The Balaban J connectivity index is 1.48. The molecule has 4 atom stereocenters. The van der Waals surface area contributed by atoms with Crippen LogP contribution < -0.4 is 10.1 Å². The second kappa shape index (κ2) is 7.75. The minimum Gasteiger partial charge on any atom is -0.492 e. The van der Waals surface area contributed by atoms with E-state index in [2.05, 4.69) is 30.1 Å². The molecule has 0 bridgehead atoms. The summed E-state index contributed by atoms with van der Waals surface area (Å²) in [6.45, 7) is 9.35. The molecule has 1 saturated heterocycles. The van der Waals surface area contributed by atoms with Crippen molar-refractivity contribution in [1.82, 2.24) is 10.2 Å². The summed E-state index contributed by atoms with van der Waals surface area (Å²) in [6.07, 6.45) is 1.24. The van der Waals surface area contributed by atoms with Crippen molar-refractivity contribution in [2.75, 3.05) is 26.2 Å². The van der Waals surface area contributed by atoms with Gasteiger partial charge < -0.3 is 15.2 Å². The molecule has 0 radical (unpaired) electrons. The highest BCUT2D eigenvalue weighted by molar-refractivity contribution is 5.73. The molecule has 2 fully saturated rings. The Morgan fingerprint density at radius 1 is 1.28 bits per heavy atom. The SMILES string of the molecule is CC(=O)N[C@@H]1C[C@@H]2CN(CCOc3cccc(C)c3C)C[C@@H]2C[C@H]1O. The van der Waals surface area contributed by atoms with Crippen LogP contribution in [0.1, 0.15) is 30.9 Å². The summed E-state index contributed by atoms with van der Waals surface area (Å²) < 4.78 is 5.98. The predicted molar refractivity (Wildman–Crippen MR) is 97.7 cm³/mol. The van der Waals surface area contributed by atoms with Crippen LogP contribution in [0.3, 0.4) is 0 Å². The lowest BCUT2D eigenvalue weighted by atomic mass is 9.77. The summed E-state index contributed by atoms with van der Waals surface area (Å²) in [4.78, 5) is 13.7. The van der Waals surface area contributed by atoms with Crippen LogP contribution in [0.2, 0.25) is 0 Å². The van der Waals surface area contributed by atoms with E-state index in [4.69, 9.17) is 4.74 Å². The zero-order valence-electron chi connectivity index (χ0n) is 15.5. The summed E-state index contributed by atoms with van der Waals surface area (Å²) in [5.74, 6) is 2.00. The van der Waals surface area contributed by atoms with E-state index in [-0.39, 0.29) is 11.9 Å². The molecule has 0 spiro atoms. The van der Waals surface area contributed by atoms with Crippen LogP contribution in [0.5, 0.6) is 5.75 Å². The van der Waals surface area contributed by atoms with Crippen LogP contribution in [0.15, 0.2) is 18.2 Å². The minimum atomic E-state index is -0.420. The second-order valence-electron chi connectivity index (χ2n) is 7.67. The predicted octanol–water partition coefficient (Wildman–Crippen LogP) is 1.89. The van der Waals surface area contributed by atoms with Gasteiger partial charge >= 0.3 is 0 Å². The average molecular weight is 346 g/mol. The maximum atomic E-state index is 11.3.